The zero-order valence-corrected chi connectivity index (χ0v) is 11.0. The van der Waals surface area contributed by atoms with Crippen LogP contribution in [0.4, 0.5) is 0 Å². The van der Waals surface area contributed by atoms with Crippen molar-refractivity contribution in [1.29, 1.82) is 5.26 Å². The van der Waals surface area contributed by atoms with Crippen LogP contribution in [-0.4, -0.2) is 27.7 Å². The number of halogens is 1. The minimum absolute atomic E-state index is 0.0185. The van der Waals surface area contributed by atoms with Crippen LogP contribution in [0.15, 0.2) is 23.1 Å². The lowest BCUT2D eigenvalue weighted by Gasteiger charge is -2.12. The fourth-order valence-corrected chi connectivity index (χ4v) is 3.50. The summed E-state index contributed by atoms with van der Waals surface area (Å²) in [5.74, 6) is 0. The predicted molar refractivity (Wildman–Crippen MR) is 65.7 cm³/mol. The molecule has 0 spiro atoms. The number of hydrogen-bond donors (Lipinski definition) is 1. The Morgan fingerprint density at radius 1 is 1.50 bits per heavy atom. The SMILES string of the molecule is N#Cc1ccc(S(=O)(=O)N[C@@H]2CCOC2)c(Cl)c1. The van der Waals surface area contributed by atoms with Crippen molar-refractivity contribution in [3.63, 3.8) is 0 Å². The van der Waals surface area contributed by atoms with E-state index in [0.29, 0.717) is 25.2 Å². The van der Waals surface area contributed by atoms with Crippen molar-refractivity contribution in [2.45, 2.75) is 17.4 Å². The molecule has 0 aromatic heterocycles. The standard InChI is InChI=1S/C11H11ClN2O3S/c12-10-5-8(6-13)1-2-11(10)18(15,16)14-9-3-4-17-7-9/h1-2,5,9,14H,3-4,7H2/t9-/m1/s1. The molecule has 0 saturated carbocycles. The third-order valence-corrected chi connectivity index (χ3v) is 4.61. The van der Waals surface area contributed by atoms with Gasteiger partial charge in [0.15, 0.2) is 0 Å². The Morgan fingerprint density at radius 3 is 2.83 bits per heavy atom. The van der Waals surface area contributed by atoms with Gasteiger partial charge in [-0.05, 0) is 24.6 Å². The fraction of sp³-hybridized carbons (Fsp3) is 0.364. The van der Waals surface area contributed by atoms with Crippen LogP contribution in [0.1, 0.15) is 12.0 Å². The number of nitrogens with zero attached hydrogens (tertiary/aromatic N) is 1. The van der Waals surface area contributed by atoms with Gasteiger partial charge in [0.2, 0.25) is 10.0 Å². The highest BCUT2D eigenvalue weighted by atomic mass is 35.5. The Bertz CT molecular complexity index is 589. The molecule has 1 N–H and O–H groups in total. The van der Waals surface area contributed by atoms with Gasteiger partial charge in [0.1, 0.15) is 4.90 Å². The first-order valence-corrected chi connectivity index (χ1v) is 7.19. The molecule has 1 heterocycles. The van der Waals surface area contributed by atoms with E-state index >= 15 is 0 Å². The molecule has 1 aromatic rings. The van der Waals surface area contributed by atoms with Crippen molar-refractivity contribution in [2.24, 2.45) is 0 Å². The van der Waals surface area contributed by atoms with Crippen molar-refractivity contribution >= 4 is 21.6 Å². The smallest absolute Gasteiger partial charge is 0.242 e. The zero-order valence-electron chi connectivity index (χ0n) is 9.39. The van der Waals surface area contributed by atoms with E-state index in [2.05, 4.69) is 4.72 Å². The van der Waals surface area contributed by atoms with E-state index in [4.69, 9.17) is 21.6 Å². The largest absolute Gasteiger partial charge is 0.380 e. The second-order valence-electron chi connectivity index (χ2n) is 3.94. The highest BCUT2D eigenvalue weighted by molar-refractivity contribution is 7.89. The molecule has 0 aliphatic carbocycles. The van der Waals surface area contributed by atoms with Gasteiger partial charge in [-0.3, -0.25) is 0 Å². The van der Waals surface area contributed by atoms with E-state index in [1.807, 2.05) is 6.07 Å². The zero-order chi connectivity index (χ0) is 13.2. The molecule has 0 unspecified atom stereocenters. The molecule has 96 valence electrons. The van der Waals surface area contributed by atoms with Crippen LogP contribution in [0.2, 0.25) is 5.02 Å². The molecule has 2 rings (SSSR count). The maximum absolute atomic E-state index is 12.1. The molecule has 1 aliphatic heterocycles. The Hall–Kier alpha value is -1.13. The third-order valence-electron chi connectivity index (χ3n) is 2.60. The van der Waals surface area contributed by atoms with Gasteiger partial charge in [-0.1, -0.05) is 11.6 Å². The van der Waals surface area contributed by atoms with E-state index in [-0.39, 0.29) is 16.0 Å². The van der Waals surface area contributed by atoms with Gasteiger partial charge in [-0.2, -0.15) is 5.26 Å². The van der Waals surface area contributed by atoms with E-state index in [0.717, 1.165) is 0 Å². The van der Waals surface area contributed by atoms with Crippen molar-refractivity contribution in [2.75, 3.05) is 13.2 Å². The van der Waals surface area contributed by atoms with Crippen LogP contribution in [0, 0.1) is 11.3 Å². The first kappa shape index (κ1) is 13.3. The van der Waals surface area contributed by atoms with Gasteiger partial charge in [0.25, 0.3) is 0 Å². The Labute approximate surface area is 110 Å². The van der Waals surface area contributed by atoms with Crippen molar-refractivity contribution in [3.05, 3.63) is 28.8 Å². The minimum atomic E-state index is -3.67. The fourth-order valence-electron chi connectivity index (χ4n) is 1.70. The van der Waals surface area contributed by atoms with Crippen molar-refractivity contribution in [1.82, 2.24) is 4.72 Å². The molecule has 7 heteroatoms. The average Bonchev–Trinajstić information content (AvgIpc) is 2.80. The second-order valence-corrected chi connectivity index (χ2v) is 6.03. The van der Waals surface area contributed by atoms with Gasteiger partial charge in [0, 0.05) is 12.6 Å². The summed E-state index contributed by atoms with van der Waals surface area (Å²) in [6, 6.07) is 5.77. The number of benzene rings is 1. The molecule has 0 amide bonds. The van der Waals surface area contributed by atoms with Crippen LogP contribution in [0.25, 0.3) is 0 Å². The molecule has 1 aliphatic rings. The van der Waals surface area contributed by atoms with Crippen molar-refractivity contribution < 1.29 is 13.2 Å². The minimum Gasteiger partial charge on any atom is -0.380 e. The molecule has 1 atom stereocenters. The monoisotopic (exact) mass is 286 g/mol. The molecule has 5 nitrogen and oxygen atoms in total. The van der Waals surface area contributed by atoms with Crippen LogP contribution >= 0.6 is 11.6 Å². The summed E-state index contributed by atoms with van der Waals surface area (Å²) in [5.41, 5.74) is 0.322. The quantitative estimate of drug-likeness (QED) is 0.908. The van der Waals surface area contributed by atoms with Crippen LogP contribution in [-0.2, 0) is 14.8 Å². The molecule has 0 bridgehead atoms. The lowest BCUT2D eigenvalue weighted by atomic mass is 10.2. The van der Waals surface area contributed by atoms with Gasteiger partial charge in [-0.25, -0.2) is 13.1 Å². The molecule has 1 fully saturated rings. The Morgan fingerprint density at radius 2 is 2.28 bits per heavy atom. The Balaban J connectivity index is 2.27. The molecule has 0 radical (unpaired) electrons. The Kier molecular flexibility index (Phi) is 3.88. The maximum atomic E-state index is 12.1. The van der Waals surface area contributed by atoms with Crippen LogP contribution < -0.4 is 4.72 Å². The highest BCUT2D eigenvalue weighted by Crippen LogP contribution is 2.23. The first-order chi connectivity index (χ1) is 8.53. The molecule has 1 saturated heterocycles. The summed E-state index contributed by atoms with van der Waals surface area (Å²) in [6.45, 7) is 0.918. The average molecular weight is 287 g/mol. The van der Waals surface area contributed by atoms with Crippen LogP contribution in [0.3, 0.4) is 0 Å². The number of nitrogens with one attached hydrogen (secondary N) is 1. The maximum Gasteiger partial charge on any atom is 0.242 e. The topological polar surface area (TPSA) is 79.2 Å². The van der Waals surface area contributed by atoms with Crippen molar-refractivity contribution in [3.8, 4) is 6.07 Å². The predicted octanol–water partition coefficient (Wildman–Crippen LogP) is 1.28. The van der Waals surface area contributed by atoms with E-state index in [1.165, 1.54) is 18.2 Å². The number of sulfonamides is 1. The summed E-state index contributed by atoms with van der Waals surface area (Å²) < 4.78 is 31.8. The molecule has 1 aromatic carbocycles. The van der Waals surface area contributed by atoms with E-state index in [1.54, 1.807) is 0 Å². The number of hydrogen-bond acceptors (Lipinski definition) is 4. The molecule has 18 heavy (non-hydrogen) atoms. The van der Waals surface area contributed by atoms with E-state index in [9.17, 15) is 8.42 Å². The summed E-state index contributed by atoms with van der Waals surface area (Å²) in [6.07, 6.45) is 0.646. The summed E-state index contributed by atoms with van der Waals surface area (Å²) >= 11 is 5.88. The molecular formula is C11H11ClN2O3S. The lowest BCUT2D eigenvalue weighted by Crippen LogP contribution is -2.35. The highest BCUT2D eigenvalue weighted by Gasteiger charge is 2.25. The van der Waals surface area contributed by atoms with Gasteiger partial charge in [0.05, 0.1) is 23.3 Å². The number of rotatable bonds is 3. The van der Waals surface area contributed by atoms with E-state index < -0.39 is 10.0 Å². The summed E-state index contributed by atoms with van der Waals surface area (Å²) in [4.78, 5) is -0.0185. The number of ether oxygens (including phenoxy) is 1. The first-order valence-electron chi connectivity index (χ1n) is 5.32. The normalized spacial score (nSPS) is 19.7. The third kappa shape index (κ3) is 2.82. The van der Waals surface area contributed by atoms with Gasteiger partial charge in [-0.15, -0.1) is 0 Å². The lowest BCUT2D eigenvalue weighted by molar-refractivity contribution is 0.192. The number of nitriles is 1. The van der Waals surface area contributed by atoms with Gasteiger partial charge < -0.3 is 4.74 Å². The summed E-state index contributed by atoms with van der Waals surface area (Å²) in [5, 5.41) is 8.74. The second kappa shape index (κ2) is 5.24. The summed E-state index contributed by atoms with van der Waals surface area (Å²) in [7, 11) is -3.67. The van der Waals surface area contributed by atoms with Gasteiger partial charge >= 0.3 is 0 Å². The van der Waals surface area contributed by atoms with Crippen LogP contribution in [0.5, 0.6) is 0 Å². The molecular weight excluding hydrogens is 276 g/mol.